The van der Waals surface area contributed by atoms with Crippen LogP contribution in [0.15, 0.2) is 12.1 Å². The van der Waals surface area contributed by atoms with E-state index in [-0.39, 0.29) is 37.0 Å². The van der Waals surface area contributed by atoms with Crippen LogP contribution in [0.4, 0.5) is 15.3 Å². The number of ether oxygens (including phenoxy) is 4. The fourth-order valence-electron chi connectivity index (χ4n) is 6.45. The molecule has 2 saturated heterocycles. The van der Waals surface area contributed by atoms with E-state index in [1.165, 1.54) is 4.90 Å². The van der Waals surface area contributed by atoms with Crippen molar-refractivity contribution in [2.24, 2.45) is 5.92 Å². The van der Waals surface area contributed by atoms with Gasteiger partial charge in [0.05, 0.1) is 11.7 Å². The van der Waals surface area contributed by atoms with Crippen LogP contribution in [-0.2, 0) is 19.0 Å². The van der Waals surface area contributed by atoms with Crippen LogP contribution in [0.1, 0.15) is 75.2 Å². The van der Waals surface area contributed by atoms with Crippen LogP contribution >= 0.6 is 0 Å². The minimum atomic E-state index is -1.48. The Bertz CT molecular complexity index is 1250. The third kappa shape index (κ3) is 8.41. The van der Waals surface area contributed by atoms with Crippen LogP contribution in [0, 0.1) is 12.8 Å². The van der Waals surface area contributed by atoms with E-state index in [1.807, 2.05) is 20.8 Å². The molecular weight excluding hydrogens is 596 g/mol. The Kier molecular flexibility index (Phi) is 12.1. The fourth-order valence-corrected chi connectivity index (χ4v) is 6.45. The van der Waals surface area contributed by atoms with Gasteiger partial charge in [0, 0.05) is 64.7 Å². The molecule has 256 valence electrons. The number of piperidine rings is 1. The summed E-state index contributed by atoms with van der Waals surface area (Å²) in [5.74, 6) is 0.138. The molecule has 1 aromatic carbocycles. The molecule has 3 aliphatic rings. The first-order chi connectivity index (χ1) is 21.9. The number of unbranched alkanes of at least 4 members (excludes halogenated alkanes) is 1. The summed E-state index contributed by atoms with van der Waals surface area (Å²) in [7, 11) is 1.62. The van der Waals surface area contributed by atoms with Gasteiger partial charge < -0.3 is 44.1 Å². The van der Waals surface area contributed by atoms with E-state index in [0.29, 0.717) is 87.2 Å². The summed E-state index contributed by atoms with van der Waals surface area (Å²) >= 11 is 0. The van der Waals surface area contributed by atoms with Gasteiger partial charge in [-0.3, -0.25) is 9.59 Å². The van der Waals surface area contributed by atoms with Crippen LogP contribution in [0.25, 0.3) is 0 Å². The molecule has 0 spiro atoms. The second-order valence-electron chi connectivity index (χ2n) is 13.0. The van der Waals surface area contributed by atoms with Gasteiger partial charge in [0.15, 0.2) is 0 Å². The summed E-state index contributed by atoms with van der Waals surface area (Å²) < 4.78 is 22.4. The molecule has 2 N–H and O–H groups in total. The summed E-state index contributed by atoms with van der Waals surface area (Å²) in [5, 5.41) is 12.4. The Labute approximate surface area is 271 Å². The van der Waals surface area contributed by atoms with Gasteiger partial charge in [0.1, 0.15) is 12.4 Å². The van der Waals surface area contributed by atoms with E-state index >= 15 is 0 Å². The van der Waals surface area contributed by atoms with Gasteiger partial charge in [0.25, 0.3) is 11.8 Å². The van der Waals surface area contributed by atoms with Gasteiger partial charge in [0.2, 0.25) is 5.60 Å². The number of hydrogen-bond donors (Lipinski definition) is 2. The molecule has 0 bridgehead atoms. The zero-order chi connectivity index (χ0) is 33.4. The molecule has 2 fully saturated rings. The number of methoxy groups -OCH3 is 1. The first-order valence-corrected chi connectivity index (χ1v) is 16.4. The van der Waals surface area contributed by atoms with Crippen LogP contribution in [0.5, 0.6) is 5.75 Å². The molecule has 13 heteroatoms. The van der Waals surface area contributed by atoms with Crippen LogP contribution in [0.2, 0.25) is 0 Å². The number of alkyl carbamates (subject to hydrolysis) is 1. The average Bonchev–Trinajstić information content (AvgIpc) is 3.03. The van der Waals surface area contributed by atoms with E-state index < -0.39 is 17.8 Å². The smallest absolute Gasteiger partial charge is 0.407 e. The number of carbonyl (C=O) groups is 4. The molecule has 2 atom stereocenters. The van der Waals surface area contributed by atoms with Crippen molar-refractivity contribution < 1.29 is 43.2 Å². The fraction of sp³-hybridized carbons (Fsp3) is 0.697. The highest BCUT2D eigenvalue weighted by Gasteiger charge is 2.46. The van der Waals surface area contributed by atoms with Crippen molar-refractivity contribution in [1.29, 1.82) is 0 Å². The van der Waals surface area contributed by atoms with E-state index in [0.717, 1.165) is 19.3 Å². The molecule has 1 unspecified atom stereocenters. The standard InChI is InChI=1S/C33H50N4O9/c1-22(2)37(25-9-8-12-35(20-25)32(41)42)29(38)26-18-27-28(17-23(26)3)46-33(4,30(39)36(27)13-6-7-14-43-5)21-45-31(40)34-19-24-10-15-44-16-11-24/h17-18,22,24-25H,6-16,19-21H2,1-5H3,(H,34,40)(H,41,42)/t25-,33?/m1/s1. The Balaban J connectivity index is 1.56. The molecule has 13 nitrogen and oxygen atoms in total. The lowest BCUT2D eigenvalue weighted by atomic mass is 9.96. The lowest BCUT2D eigenvalue weighted by Gasteiger charge is -2.42. The molecule has 1 aromatic rings. The number of amides is 4. The van der Waals surface area contributed by atoms with Gasteiger partial charge in [-0.15, -0.1) is 0 Å². The van der Waals surface area contributed by atoms with Crippen molar-refractivity contribution in [2.75, 3.05) is 64.6 Å². The highest BCUT2D eigenvalue weighted by Crippen LogP contribution is 2.41. The maximum Gasteiger partial charge on any atom is 0.407 e. The largest absolute Gasteiger partial charge is 0.472 e. The van der Waals surface area contributed by atoms with Gasteiger partial charge >= 0.3 is 12.2 Å². The number of nitrogens with one attached hydrogen (secondary N) is 1. The summed E-state index contributed by atoms with van der Waals surface area (Å²) in [5.41, 5.74) is 0.0727. The summed E-state index contributed by atoms with van der Waals surface area (Å²) in [6.07, 6.45) is 2.87. The Morgan fingerprint density at radius 1 is 1.17 bits per heavy atom. The van der Waals surface area contributed by atoms with Crippen molar-refractivity contribution in [2.45, 2.75) is 83.9 Å². The summed E-state index contributed by atoms with van der Waals surface area (Å²) in [4.78, 5) is 57.2. The Morgan fingerprint density at radius 2 is 1.91 bits per heavy atom. The van der Waals surface area contributed by atoms with Crippen molar-refractivity contribution in [1.82, 2.24) is 15.1 Å². The molecule has 0 aromatic heterocycles. The molecule has 4 amide bonds. The first kappa shape index (κ1) is 35.3. The number of hydrogen-bond acceptors (Lipinski definition) is 8. The number of likely N-dealkylation sites (tertiary alicyclic amines) is 1. The summed E-state index contributed by atoms with van der Waals surface area (Å²) in [6.45, 7) is 10.4. The van der Waals surface area contributed by atoms with E-state index in [9.17, 15) is 24.3 Å². The zero-order valence-corrected chi connectivity index (χ0v) is 27.8. The van der Waals surface area contributed by atoms with Crippen molar-refractivity contribution >= 4 is 29.7 Å². The third-order valence-corrected chi connectivity index (χ3v) is 9.05. The lowest BCUT2D eigenvalue weighted by molar-refractivity contribution is -0.137. The molecule has 0 saturated carbocycles. The maximum absolute atomic E-state index is 14.2. The molecular formula is C33H50N4O9. The van der Waals surface area contributed by atoms with E-state index in [4.69, 9.17) is 18.9 Å². The molecule has 0 radical (unpaired) electrons. The van der Waals surface area contributed by atoms with Gasteiger partial charge in [-0.1, -0.05) is 0 Å². The number of fused-ring (bicyclic) bond motifs is 1. The molecule has 3 aliphatic heterocycles. The highest BCUT2D eigenvalue weighted by molar-refractivity contribution is 6.05. The predicted molar refractivity (Wildman–Crippen MR) is 170 cm³/mol. The lowest BCUT2D eigenvalue weighted by Crippen LogP contribution is -2.58. The van der Waals surface area contributed by atoms with Crippen LogP contribution in [0.3, 0.4) is 0 Å². The topological polar surface area (TPSA) is 147 Å². The van der Waals surface area contributed by atoms with E-state index in [1.54, 1.807) is 36.0 Å². The second kappa shape index (κ2) is 15.8. The molecule has 0 aliphatic carbocycles. The van der Waals surface area contributed by atoms with Crippen molar-refractivity contribution in [3.63, 3.8) is 0 Å². The van der Waals surface area contributed by atoms with Crippen molar-refractivity contribution in [3.8, 4) is 5.75 Å². The van der Waals surface area contributed by atoms with Crippen LogP contribution < -0.4 is 15.0 Å². The van der Waals surface area contributed by atoms with Crippen molar-refractivity contribution in [3.05, 3.63) is 23.3 Å². The average molecular weight is 647 g/mol. The predicted octanol–water partition coefficient (Wildman–Crippen LogP) is 4.05. The second-order valence-corrected chi connectivity index (χ2v) is 13.0. The van der Waals surface area contributed by atoms with Gasteiger partial charge in [-0.05, 0) is 89.8 Å². The number of anilines is 1. The Hall–Kier alpha value is -3.58. The first-order valence-electron chi connectivity index (χ1n) is 16.4. The number of nitrogens with zero attached hydrogens (tertiary/aromatic N) is 3. The number of benzene rings is 1. The zero-order valence-electron chi connectivity index (χ0n) is 27.8. The summed E-state index contributed by atoms with van der Waals surface area (Å²) in [6, 6.07) is 3.01. The quantitative estimate of drug-likeness (QED) is 0.321. The Morgan fingerprint density at radius 3 is 2.59 bits per heavy atom. The van der Waals surface area contributed by atoms with Crippen LogP contribution in [-0.4, -0.2) is 116 Å². The minimum absolute atomic E-state index is 0.178. The van der Waals surface area contributed by atoms with E-state index in [2.05, 4.69) is 5.32 Å². The number of carboxylic acid groups (broad SMARTS) is 1. The number of rotatable bonds is 12. The third-order valence-electron chi connectivity index (χ3n) is 9.05. The minimum Gasteiger partial charge on any atom is -0.472 e. The normalized spacial score (nSPS) is 21.9. The molecule has 4 rings (SSSR count). The number of carbonyl (C=O) groups excluding carboxylic acids is 3. The molecule has 3 heterocycles. The monoisotopic (exact) mass is 646 g/mol. The number of aryl methyl sites for hydroxylation is 1. The maximum atomic E-state index is 14.2. The van der Waals surface area contributed by atoms with Gasteiger partial charge in [-0.2, -0.15) is 0 Å². The SMILES string of the molecule is COCCCCN1C(=O)C(C)(COC(=O)NCC2CCOCC2)Oc2cc(C)c(C(=O)N(C(C)C)[C@@H]3CCCN(C(=O)O)C3)cc21. The highest BCUT2D eigenvalue weighted by atomic mass is 16.6. The molecule has 46 heavy (non-hydrogen) atoms. The van der Waals surface area contributed by atoms with Gasteiger partial charge in [-0.25, -0.2) is 9.59 Å².